The van der Waals surface area contributed by atoms with Gasteiger partial charge in [0, 0.05) is 13.2 Å². The molecule has 0 radical (unpaired) electrons. The van der Waals surface area contributed by atoms with Gasteiger partial charge in [0.25, 0.3) is 11.5 Å². The fourth-order valence-electron chi connectivity index (χ4n) is 3.08. The maximum Gasteiger partial charge on any atom is 0.323 e. The standard InChI is InChI=1S/C15H18N4O5/c1-8-4-11-18(6-12(20)21)13-10(14(22)19(11)16-8)5-17(15(13)23)9(2)7-24-3/h4,9H,5-7H2,1-3H3,(H,20,21)/t9-/m1/s1. The first-order chi connectivity index (χ1) is 11.3. The predicted molar refractivity (Wildman–Crippen MR) is 83.0 cm³/mol. The van der Waals surface area contributed by atoms with E-state index in [2.05, 4.69) is 5.10 Å². The molecular weight excluding hydrogens is 316 g/mol. The third kappa shape index (κ3) is 2.37. The van der Waals surface area contributed by atoms with Crippen molar-refractivity contribution in [3.8, 4) is 0 Å². The van der Waals surface area contributed by atoms with Crippen LogP contribution in [0.2, 0.25) is 0 Å². The van der Waals surface area contributed by atoms with E-state index >= 15 is 0 Å². The fourth-order valence-corrected chi connectivity index (χ4v) is 3.08. The summed E-state index contributed by atoms with van der Waals surface area (Å²) in [5, 5.41) is 13.3. The predicted octanol–water partition coefficient (Wildman–Crippen LogP) is -0.120. The lowest BCUT2D eigenvalue weighted by Crippen LogP contribution is -2.37. The van der Waals surface area contributed by atoms with Crippen molar-refractivity contribution in [3.63, 3.8) is 0 Å². The largest absolute Gasteiger partial charge is 0.480 e. The molecule has 0 aromatic carbocycles. The molecule has 9 heteroatoms. The van der Waals surface area contributed by atoms with Crippen molar-refractivity contribution in [2.75, 3.05) is 13.7 Å². The van der Waals surface area contributed by atoms with Crippen molar-refractivity contribution >= 4 is 17.5 Å². The molecule has 0 spiro atoms. The van der Waals surface area contributed by atoms with Crippen LogP contribution < -0.4 is 5.56 Å². The number of carboxylic acids is 1. The third-order valence-electron chi connectivity index (χ3n) is 4.12. The van der Waals surface area contributed by atoms with Gasteiger partial charge in [-0.25, -0.2) is 0 Å². The zero-order valence-electron chi connectivity index (χ0n) is 13.6. The highest BCUT2D eigenvalue weighted by molar-refractivity contribution is 5.97. The number of ether oxygens (including phenoxy) is 1. The summed E-state index contributed by atoms with van der Waals surface area (Å²) in [7, 11) is 1.53. The molecule has 2 aromatic heterocycles. The smallest absolute Gasteiger partial charge is 0.323 e. The minimum absolute atomic E-state index is 0.117. The summed E-state index contributed by atoms with van der Waals surface area (Å²) >= 11 is 0. The molecule has 24 heavy (non-hydrogen) atoms. The number of aliphatic carboxylic acids is 1. The van der Waals surface area contributed by atoms with Crippen molar-refractivity contribution in [3.05, 3.63) is 33.4 Å². The van der Waals surface area contributed by atoms with Crippen LogP contribution in [-0.4, -0.2) is 55.8 Å². The van der Waals surface area contributed by atoms with E-state index in [0.29, 0.717) is 17.9 Å². The molecule has 0 fully saturated rings. The summed E-state index contributed by atoms with van der Waals surface area (Å²) in [6, 6.07) is 1.36. The Labute approximate surface area is 137 Å². The topological polar surface area (TPSA) is 106 Å². The maximum absolute atomic E-state index is 12.8. The monoisotopic (exact) mass is 334 g/mol. The van der Waals surface area contributed by atoms with Gasteiger partial charge in [-0.3, -0.25) is 14.4 Å². The van der Waals surface area contributed by atoms with Gasteiger partial charge in [0.05, 0.1) is 30.5 Å². The number of rotatable bonds is 5. The number of aromatic nitrogens is 3. The van der Waals surface area contributed by atoms with Crippen LogP contribution in [-0.2, 0) is 22.6 Å². The molecule has 0 aliphatic carbocycles. The van der Waals surface area contributed by atoms with Gasteiger partial charge in [0.1, 0.15) is 17.9 Å². The van der Waals surface area contributed by atoms with Gasteiger partial charge in [0.2, 0.25) is 0 Å². The Bertz CT molecular complexity index is 897. The number of carbonyl (C=O) groups excluding carboxylic acids is 1. The Hall–Kier alpha value is -2.68. The minimum atomic E-state index is -1.10. The summed E-state index contributed by atoms with van der Waals surface area (Å²) in [5.41, 5.74) is 0.868. The van der Waals surface area contributed by atoms with E-state index in [1.165, 1.54) is 16.6 Å². The molecule has 0 saturated heterocycles. The van der Waals surface area contributed by atoms with Crippen LogP contribution in [0.4, 0.5) is 0 Å². The van der Waals surface area contributed by atoms with Gasteiger partial charge < -0.3 is 19.3 Å². The number of methoxy groups -OCH3 is 1. The number of hydrogen-bond acceptors (Lipinski definition) is 5. The van der Waals surface area contributed by atoms with E-state index in [1.807, 2.05) is 6.92 Å². The second kappa shape index (κ2) is 5.75. The number of aryl methyl sites for hydroxylation is 1. The van der Waals surface area contributed by atoms with Crippen molar-refractivity contribution < 1.29 is 19.4 Å². The lowest BCUT2D eigenvalue weighted by molar-refractivity contribution is -0.137. The molecule has 1 aliphatic rings. The molecule has 1 N–H and O–H groups in total. The first-order valence-electron chi connectivity index (χ1n) is 7.49. The third-order valence-corrected chi connectivity index (χ3v) is 4.12. The van der Waals surface area contributed by atoms with E-state index < -0.39 is 18.1 Å². The number of carboxylic acid groups (broad SMARTS) is 1. The molecule has 2 aromatic rings. The Morgan fingerprint density at radius 3 is 2.79 bits per heavy atom. The average molecular weight is 334 g/mol. The molecule has 0 saturated carbocycles. The zero-order chi connectivity index (χ0) is 17.6. The molecule has 1 atom stereocenters. The fraction of sp³-hybridized carbons (Fsp3) is 0.467. The van der Waals surface area contributed by atoms with Crippen molar-refractivity contribution in [1.29, 1.82) is 0 Å². The van der Waals surface area contributed by atoms with Gasteiger partial charge in [-0.15, -0.1) is 0 Å². The normalized spacial score (nSPS) is 15.1. The Morgan fingerprint density at radius 1 is 1.46 bits per heavy atom. The van der Waals surface area contributed by atoms with E-state index in [4.69, 9.17) is 4.74 Å². The number of carbonyl (C=O) groups is 2. The van der Waals surface area contributed by atoms with Crippen molar-refractivity contribution in [1.82, 2.24) is 19.1 Å². The summed E-state index contributed by atoms with van der Waals surface area (Å²) in [6.07, 6.45) is 0. The van der Waals surface area contributed by atoms with Crippen molar-refractivity contribution in [2.45, 2.75) is 33.0 Å². The molecule has 3 heterocycles. The summed E-state index contributed by atoms with van der Waals surface area (Å²) in [6.45, 7) is 3.54. The number of hydrogen-bond donors (Lipinski definition) is 1. The quantitative estimate of drug-likeness (QED) is 0.817. The highest BCUT2D eigenvalue weighted by Gasteiger charge is 2.37. The van der Waals surface area contributed by atoms with Gasteiger partial charge >= 0.3 is 5.97 Å². The van der Waals surface area contributed by atoms with Gasteiger partial charge in [-0.05, 0) is 13.8 Å². The Balaban J connectivity index is 2.23. The van der Waals surface area contributed by atoms with Gasteiger partial charge in [0.15, 0.2) is 0 Å². The lowest BCUT2D eigenvalue weighted by atomic mass is 10.2. The average Bonchev–Trinajstić information content (AvgIpc) is 3.05. The first-order valence-corrected chi connectivity index (χ1v) is 7.49. The van der Waals surface area contributed by atoms with E-state index in [9.17, 15) is 19.5 Å². The molecule has 1 aliphatic heterocycles. The highest BCUT2D eigenvalue weighted by Crippen LogP contribution is 2.24. The Kier molecular flexibility index (Phi) is 3.88. The number of nitrogens with zero attached hydrogens (tertiary/aromatic N) is 4. The highest BCUT2D eigenvalue weighted by atomic mass is 16.5. The SMILES string of the molecule is COC[C@@H](C)N1Cc2c(n(CC(=O)O)c3cc(C)nn3c2=O)C1=O. The van der Waals surface area contributed by atoms with Crippen LogP contribution in [0.1, 0.15) is 28.7 Å². The molecule has 0 bridgehead atoms. The van der Waals surface area contributed by atoms with E-state index in [1.54, 1.807) is 13.0 Å². The number of fused-ring (bicyclic) bond motifs is 2. The molecule has 3 rings (SSSR count). The molecule has 1 amide bonds. The van der Waals surface area contributed by atoms with Crippen LogP contribution >= 0.6 is 0 Å². The van der Waals surface area contributed by atoms with E-state index in [0.717, 1.165) is 4.52 Å². The zero-order valence-corrected chi connectivity index (χ0v) is 13.6. The molecule has 9 nitrogen and oxygen atoms in total. The van der Waals surface area contributed by atoms with Crippen LogP contribution in [0, 0.1) is 6.92 Å². The maximum atomic E-state index is 12.8. The summed E-state index contributed by atoms with van der Waals surface area (Å²) in [4.78, 5) is 38.2. The lowest BCUT2D eigenvalue weighted by Gasteiger charge is -2.23. The second-order valence-corrected chi connectivity index (χ2v) is 5.91. The van der Waals surface area contributed by atoms with Gasteiger partial charge in [-0.1, -0.05) is 0 Å². The van der Waals surface area contributed by atoms with Crippen LogP contribution in [0.5, 0.6) is 0 Å². The molecule has 0 unspecified atom stereocenters. The second-order valence-electron chi connectivity index (χ2n) is 5.91. The van der Waals surface area contributed by atoms with Crippen LogP contribution in [0.25, 0.3) is 5.65 Å². The van der Waals surface area contributed by atoms with Crippen LogP contribution in [0.3, 0.4) is 0 Å². The summed E-state index contributed by atoms with van der Waals surface area (Å²) in [5.74, 6) is -1.47. The van der Waals surface area contributed by atoms with Gasteiger partial charge in [-0.2, -0.15) is 9.61 Å². The first kappa shape index (κ1) is 16.2. The number of amides is 1. The van der Waals surface area contributed by atoms with Crippen molar-refractivity contribution in [2.24, 2.45) is 0 Å². The summed E-state index contributed by atoms with van der Waals surface area (Å²) < 4.78 is 7.59. The molecule has 128 valence electrons. The van der Waals surface area contributed by atoms with Crippen LogP contribution in [0.15, 0.2) is 10.9 Å². The Morgan fingerprint density at radius 2 is 2.17 bits per heavy atom. The van der Waals surface area contributed by atoms with E-state index in [-0.39, 0.29) is 29.8 Å². The minimum Gasteiger partial charge on any atom is -0.480 e. The molecular formula is C15H18N4O5.